The van der Waals surface area contributed by atoms with Gasteiger partial charge in [-0.1, -0.05) is 29.3 Å². The monoisotopic (exact) mass is 380 g/mol. The van der Waals surface area contributed by atoms with E-state index >= 15 is 0 Å². The van der Waals surface area contributed by atoms with Gasteiger partial charge in [0.15, 0.2) is 0 Å². The third kappa shape index (κ3) is 3.86. The molecule has 3 N–H and O–H groups in total. The van der Waals surface area contributed by atoms with Crippen molar-refractivity contribution in [2.45, 2.75) is 24.9 Å². The Hall–Kier alpha value is -0.720. The molecule has 2 heterocycles. The average molecular weight is 382 g/mol. The van der Waals surface area contributed by atoms with Crippen molar-refractivity contribution in [2.75, 3.05) is 19.8 Å². The molecule has 2 atom stereocenters. The minimum atomic E-state index is -0.532. The second-order valence-electron chi connectivity index (χ2n) is 5.63. The number of rotatable bonds is 3. The van der Waals surface area contributed by atoms with Crippen LogP contribution in [0.15, 0.2) is 12.1 Å². The number of ether oxygens (including phenoxy) is 2. The molecule has 0 saturated carbocycles. The van der Waals surface area contributed by atoms with Gasteiger partial charge in [-0.15, -0.1) is 12.4 Å². The van der Waals surface area contributed by atoms with E-state index in [1.165, 1.54) is 0 Å². The number of hydrogen-bond donors (Lipinski definition) is 2. The minimum absolute atomic E-state index is 0. The molecule has 0 bridgehead atoms. The van der Waals surface area contributed by atoms with E-state index in [9.17, 15) is 4.79 Å². The normalized spacial score (nSPS) is 21.8. The molecule has 128 valence electrons. The highest BCUT2D eigenvalue weighted by atomic mass is 35.5. The Kier molecular flexibility index (Phi) is 6.40. The first-order valence-electron chi connectivity index (χ1n) is 7.32. The molecular weight excluding hydrogens is 363 g/mol. The molecule has 1 aromatic carbocycles. The van der Waals surface area contributed by atoms with Crippen LogP contribution in [0.5, 0.6) is 5.75 Å². The van der Waals surface area contributed by atoms with Gasteiger partial charge in [0.2, 0.25) is 5.91 Å². The summed E-state index contributed by atoms with van der Waals surface area (Å²) >= 11 is 12.1. The smallest absolute Gasteiger partial charge is 0.237 e. The van der Waals surface area contributed by atoms with Gasteiger partial charge in [0, 0.05) is 18.8 Å². The van der Waals surface area contributed by atoms with Crippen LogP contribution in [0.4, 0.5) is 0 Å². The number of benzene rings is 1. The Morgan fingerprint density at radius 3 is 2.70 bits per heavy atom. The van der Waals surface area contributed by atoms with Crippen LogP contribution in [0, 0.1) is 5.92 Å². The number of nitrogens with one attached hydrogen (secondary N) is 1. The summed E-state index contributed by atoms with van der Waals surface area (Å²) in [6.45, 7) is 1.66. The van der Waals surface area contributed by atoms with Gasteiger partial charge >= 0.3 is 0 Å². The zero-order valence-electron chi connectivity index (χ0n) is 12.4. The average Bonchev–Trinajstić information content (AvgIpc) is 2.94. The largest absolute Gasteiger partial charge is 0.489 e. The first-order chi connectivity index (χ1) is 10.6. The molecule has 23 heavy (non-hydrogen) atoms. The van der Waals surface area contributed by atoms with Gasteiger partial charge in [-0.2, -0.15) is 0 Å². The van der Waals surface area contributed by atoms with Crippen molar-refractivity contribution in [2.24, 2.45) is 11.7 Å². The van der Waals surface area contributed by atoms with Crippen molar-refractivity contribution >= 4 is 41.5 Å². The van der Waals surface area contributed by atoms with E-state index in [0.29, 0.717) is 35.6 Å². The highest BCUT2D eigenvalue weighted by molar-refractivity contribution is 6.43. The molecule has 5 nitrogen and oxygen atoms in total. The lowest BCUT2D eigenvalue weighted by atomic mass is 9.91. The summed E-state index contributed by atoms with van der Waals surface area (Å²) in [4.78, 5) is 12.4. The fourth-order valence-electron chi connectivity index (χ4n) is 2.90. The van der Waals surface area contributed by atoms with Crippen molar-refractivity contribution < 1.29 is 14.3 Å². The lowest BCUT2D eigenvalue weighted by Crippen LogP contribution is -2.48. The van der Waals surface area contributed by atoms with Gasteiger partial charge in [0.05, 0.1) is 17.1 Å². The third-order valence-electron chi connectivity index (χ3n) is 4.24. The molecule has 8 heteroatoms. The fraction of sp³-hybridized carbons (Fsp3) is 0.533. The van der Waals surface area contributed by atoms with Crippen LogP contribution in [0.3, 0.4) is 0 Å². The molecule has 2 aliphatic heterocycles. The van der Waals surface area contributed by atoms with Gasteiger partial charge in [-0.3, -0.25) is 4.79 Å². The van der Waals surface area contributed by atoms with Crippen LogP contribution < -0.4 is 15.8 Å². The SMILES string of the molecule is Cl.NC(C(=O)NC1COc2c1ccc(Cl)c2Cl)C1CCOCC1. The van der Waals surface area contributed by atoms with Crippen molar-refractivity contribution in [3.05, 3.63) is 27.7 Å². The molecule has 1 fully saturated rings. The molecule has 0 radical (unpaired) electrons. The second kappa shape index (κ2) is 7.90. The molecule has 0 aromatic heterocycles. The standard InChI is InChI=1S/C15H18Cl2N2O3.ClH/c16-10-2-1-9-11(7-22-14(9)12(10)17)19-15(20)13(18)8-3-5-21-6-4-8;/h1-2,8,11,13H,3-7,18H2,(H,19,20);1H. The minimum Gasteiger partial charge on any atom is -0.489 e. The predicted molar refractivity (Wildman–Crippen MR) is 91.6 cm³/mol. The van der Waals surface area contributed by atoms with Crippen LogP contribution in [0.2, 0.25) is 10.0 Å². The van der Waals surface area contributed by atoms with Crippen LogP contribution in [-0.2, 0) is 9.53 Å². The van der Waals surface area contributed by atoms with Gasteiger partial charge in [0.25, 0.3) is 0 Å². The number of halogens is 3. The number of hydrogen-bond acceptors (Lipinski definition) is 4. The van der Waals surface area contributed by atoms with Gasteiger partial charge < -0.3 is 20.5 Å². The number of fused-ring (bicyclic) bond motifs is 1. The molecule has 0 spiro atoms. The van der Waals surface area contributed by atoms with Gasteiger partial charge in [-0.05, 0) is 24.8 Å². The summed E-state index contributed by atoms with van der Waals surface area (Å²) in [5.74, 6) is 0.530. The van der Waals surface area contributed by atoms with Crippen LogP contribution in [-0.4, -0.2) is 31.8 Å². The predicted octanol–water partition coefficient (Wildman–Crippen LogP) is 2.72. The number of nitrogens with two attached hydrogens (primary N) is 1. The third-order valence-corrected chi connectivity index (χ3v) is 5.03. The molecule has 2 unspecified atom stereocenters. The molecule has 2 aliphatic rings. The lowest BCUT2D eigenvalue weighted by Gasteiger charge is -2.27. The summed E-state index contributed by atoms with van der Waals surface area (Å²) < 4.78 is 10.9. The number of carbonyl (C=O) groups excluding carboxylic acids is 1. The van der Waals surface area contributed by atoms with E-state index in [1.54, 1.807) is 6.07 Å². The first-order valence-corrected chi connectivity index (χ1v) is 8.08. The summed E-state index contributed by atoms with van der Waals surface area (Å²) in [5, 5.41) is 3.76. The van der Waals surface area contributed by atoms with Gasteiger partial charge in [-0.25, -0.2) is 0 Å². The molecule has 1 saturated heterocycles. The Labute approximate surface area is 151 Å². The molecule has 0 aliphatic carbocycles. The highest BCUT2D eigenvalue weighted by Crippen LogP contribution is 2.42. The van der Waals surface area contributed by atoms with E-state index in [-0.39, 0.29) is 30.3 Å². The maximum absolute atomic E-state index is 12.4. The van der Waals surface area contributed by atoms with Crippen molar-refractivity contribution in [3.8, 4) is 5.75 Å². The summed E-state index contributed by atoms with van der Waals surface area (Å²) in [6.07, 6.45) is 1.63. The highest BCUT2D eigenvalue weighted by Gasteiger charge is 2.32. The number of carbonyl (C=O) groups is 1. The zero-order chi connectivity index (χ0) is 15.7. The van der Waals surface area contributed by atoms with Crippen molar-refractivity contribution in [1.29, 1.82) is 0 Å². The molecule has 3 rings (SSSR count). The summed E-state index contributed by atoms with van der Waals surface area (Å²) in [7, 11) is 0. The number of amides is 1. The lowest BCUT2D eigenvalue weighted by molar-refractivity contribution is -0.125. The van der Waals surface area contributed by atoms with E-state index in [4.69, 9.17) is 38.4 Å². The van der Waals surface area contributed by atoms with Crippen LogP contribution in [0.25, 0.3) is 0 Å². The quantitative estimate of drug-likeness (QED) is 0.844. The Balaban J connectivity index is 0.00000192. The Morgan fingerprint density at radius 2 is 2.00 bits per heavy atom. The van der Waals surface area contributed by atoms with Crippen LogP contribution >= 0.6 is 35.6 Å². The topological polar surface area (TPSA) is 73.6 Å². The Morgan fingerprint density at radius 1 is 1.30 bits per heavy atom. The second-order valence-corrected chi connectivity index (χ2v) is 6.41. The van der Waals surface area contributed by atoms with Gasteiger partial charge in [0.1, 0.15) is 17.4 Å². The molecule has 1 amide bonds. The van der Waals surface area contributed by atoms with E-state index in [2.05, 4.69) is 5.32 Å². The summed E-state index contributed by atoms with van der Waals surface area (Å²) in [5.41, 5.74) is 6.92. The molecular formula is C15H19Cl3N2O3. The van der Waals surface area contributed by atoms with Crippen molar-refractivity contribution in [3.63, 3.8) is 0 Å². The van der Waals surface area contributed by atoms with Crippen molar-refractivity contribution in [1.82, 2.24) is 5.32 Å². The maximum atomic E-state index is 12.4. The fourth-order valence-corrected chi connectivity index (χ4v) is 3.28. The Bertz CT molecular complexity index is 579. The van der Waals surface area contributed by atoms with E-state index in [1.807, 2.05) is 6.07 Å². The maximum Gasteiger partial charge on any atom is 0.237 e. The first kappa shape index (κ1) is 18.6. The van der Waals surface area contributed by atoms with E-state index < -0.39 is 6.04 Å². The van der Waals surface area contributed by atoms with E-state index in [0.717, 1.165) is 18.4 Å². The zero-order valence-corrected chi connectivity index (χ0v) is 14.7. The molecule has 1 aromatic rings. The summed E-state index contributed by atoms with van der Waals surface area (Å²) in [6, 6.07) is 2.75. The van der Waals surface area contributed by atoms with Crippen LogP contribution in [0.1, 0.15) is 24.4 Å².